The van der Waals surface area contributed by atoms with Crippen LogP contribution in [0.25, 0.3) is 0 Å². The molecule has 0 saturated carbocycles. The van der Waals surface area contributed by atoms with Crippen molar-refractivity contribution in [3.05, 3.63) is 23.8 Å². The van der Waals surface area contributed by atoms with Crippen LogP contribution >= 0.6 is 0 Å². The van der Waals surface area contributed by atoms with Gasteiger partial charge >= 0.3 is 0 Å². The number of allylic oxidation sites excluding steroid dienone is 4. The smallest absolute Gasteiger partial charge is 0 e. The summed E-state index contributed by atoms with van der Waals surface area (Å²) in [7, 11) is 0. The second kappa shape index (κ2) is 13.8. The molecule has 0 fully saturated rings. The summed E-state index contributed by atoms with van der Waals surface area (Å²) in [6.45, 7) is 2.28. The van der Waals surface area contributed by atoms with E-state index in [1.807, 2.05) is 0 Å². The summed E-state index contributed by atoms with van der Waals surface area (Å²) in [5.74, 6) is 0. The summed E-state index contributed by atoms with van der Waals surface area (Å²) in [6, 6.07) is 0. The number of unbranched alkanes of at least 4 members (excludes halogenated alkanes) is 9. The largest absolute Gasteiger partial charge is 0.269 e. The minimum Gasteiger partial charge on any atom is -0.269 e. The van der Waals surface area contributed by atoms with Gasteiger partial charge in [0.15, 0.2) is 0 Å². The minimum absolute atomic E-state index is 0. The van der Waals surface area contributed by atoms with Gasteiger partial charge in [-0.05, 0) is 0 Å². The Balaban J connectivity index is 0.00000289. The third kappa shape index (κ3) is 10.3. The van der Waals surface area contributed by atoms with Gasteiger partial charge in [0.1, 0.15) is 0 Å². The van der Waals surface area contributed by atoms with Gasteiger partial charge in [0, 0.05) is 26.2 Å². The quantitative estimate of drug-likeness (QED) is 0.324. The van der Waals surface area contributed by atoms with Crippen molar-refractivity contribution in [3.63, 3.8) is 0 Å². The van der Waals surface area contributed by atoms with Gasteiger partial charge in [0.25, 0.3) is 0 Å². The fourth-order valence-electron chi connectivity index (χ4n) is 2.42. The van der Waals surface area contributed by atoms with Crippen molar-refractivity contribution < 1.29 is 26.2 Å². The molecule has 1 aliphatic rings. The van der Waals surface area contributed by atoms with Gasteiger partial charge < -0.3 is 0 Å². The van der Waals surface area contributed by atoms with E-state index in [9.17, 15) is 0 Å². The van der Waals surface area contributed by atoms with Gasteiger partial charge in [0.2, 0.25) is 0 Å². The van der Waals surface area contributed by atoms with Gasteiger partial charge in [-0.25, -0.2) is 11.6 Å². The molecule has 0 aromatic carbocycles. The topological polar surface area (TPSA) is 0 Å². The molecule has 1 rings (SSSR count). The van der Waals surface area contributed by atoms with Crippen molar-refractivity contribution in [3.8, 4) is 0 Å². The first kappa shape index (κ1) is 18.4. The zero-order chi connectivity index (χ0) is 12.2. The molecular formula is C17H29Zr-. The molecule has 0 aromatic rings. The number of hydrogen-bond acceptors (Lipinski definition) is 0. The average molecular weight is 325 g/mol. The summed E-state index contributed by atoms with van der Waals surface area (Å²) in [4.78, 5) is 0. The van der Waals surface area contributed by atoms with Crippen molar-refractivity contribution in [2.75, 3.05) is 0 Å². The average Bonchev–Trinajstić information content (AvgIpc) is 2.85. The van der Waals surface area contributed by atoms with Crippen LogP contribution in [0.3, 0.4) is 0 Å². The Morgan fingerprint density at radius 3 is 1.94 bits per heavy atom. The summed E-state index contributed by atoms with van der Waals surface area (Å²) < 4.78 is 0. The first-order chi connectivity index (χ1) is 8.43. The summed E-state index contributed by atoms with van der Waals surface area (Å²) in [6.07, 6.45) is 24.4. The van der Waals surface area contributed by atoms with Crippen LogP contribution < -0.4 is 0 Å². The van der Waals surface area contributed by atoms with Gasteiger partial charge in [-0.2, -0.15) is 6.08 Å². The summed E-state index contributed by atoms with van der Waals surface area (Å²) in [5.41, 5.74) is 1.45. The predicted octanol–water partition coefficient (Wildman–Crippen LogP) is 5.98. The molecule has 0 N–H and O–H groups in total. The van der Waals surface area contributed by atoms with E-state index in [1.54, 1.807) is 0 Å². The van der Waals surface area contributed by atoms with Crippen LogP contribution in [0.5, 0.6) is 0 Å². The van der Waals surface area contributed by atoms with E-state index in [1.165, 1.54) is 76.2 Å². The minimum atomic E-state index is 0. The Morgan fingerprint density at radius 1 is 0.889 bits per heavy atom. The van der Waals surface area contributed by atoms with Crippen LogP contribution in [-0.4, -0.2) is 0 Å². The Bertz CT molecular complexity index is 228. The third-order valence-electron chi connectivity index (χ3n) is 3.57. The summed E-state index contributed by atoms with van der Waals surface area (Å²) >= 11 is 0. The van der Waals surface area contributed by atoms with E-state index in [2.05, 4.69) is 25.2 Å². The van der Waals surface area contributed by atoms with Crippen LogP contribution in [0, 0.1) is 6.08 Å². The predicted molar refractivity (Wildman–Crippen MR) is 77.0 cm³/mol. The second-order valence-electron chi connectivity index (χ2n) is 5.24. The molecule has 0 aromatic heterocycles. The zero-order valence-corrected chi connectivity index (χ0v) is 14.6. The Hall–Kier alpha value is 0.363. The van der Waals surface area contributed by atoms with E-state index < -0.39 is 0 Å². The molecule has 0 nitrogen and oxygen atoms in total. The first-order valence-corrected chi connectivity index (χ1v) is 7.69. The van der Waals surface area contributed by atoms with Crippen molar-refractivity contribution in [1.82, 2.24) is 0 Å². The van der Waals surface area contributed by atoms with Crippen molar-refractivity contribution in [2.45, 2.75) is 84.0 Å². The van der Waals surface area contributed by atoms with E-state index >= 15 is 0 Å². The molecular weight excluding hydrogens is 295 g/mol. The molecule has 18 heavy (non-hydrogen) atoms. The van der Waals surface area contributed by atoms with Crippen LogP contribution in [0.2, 0.25) is 0 Å². The van der Waals surface area contributed by atoms with Gasteiger partial charge in [-0.15, -0.1) is 6.42 Å². The Morgan fingerprint density at radius 2 is 1.44 bits per heavy atom. The fourth-order valence-corrected chi connectivity index (χ4v) is 2.42. The fraction of sp³-hybridized carbons (Fsp3) is 0.765. The molecule has 0 aliphatic heterocycles. The van der Waals surface area contributed by atoms with E-state index in [4.69, 9.17) is 0 Å². The molecule has 0 radical (unpaired) electrons. The number of hydrogen-bond donors (Lipinski definition) is 0. The first-order valence-electron chi connectivity index (χ1n) is 7.69. The van der Waals surface area contributed by atoms with Gasteiger partial charge in [-0.1, -0.05) is 77.6 Å². The number of rotatable bonds is 11. The van der Waals surface area contributed by atoms with Gasteiger partial charge in [0.05, 0.1) is 0 Å². The van der Waals surface area contributed by atoms with Gasteiger partial charge in [-0.3, -0.25) is 6.08 Å². The molecule has 1 heteroatoms. The maximum Gasteiger partial charge on any atom is 0 e. The van der Waals surface area contributed by atoms with Crippen molar-refractivity contribution in [1.29, 1.82) is 0 Å². The standard InChI is InChI=1S/C17H29.Zr/c1-2-3-4-5-6-7-8-9-10-11-14-17-15-12-13-16-17;/h12,15H,2-11,13-14H2,1H3;/q-1;. The molecule has 0 saturated heterocycles. The molecule has 0 bridgehead atoms. The monoisotopic (exact) mass is 323 g/mol. The Labute approximate surface area is 133 Å². The van der Waals surface area contributed by atoms with E-state index in [0.29, 0.717) is 0 Å². The molecule has 0 amide bonds. The van der Waals surface area contributed by atoms with E-state index in [-0.39, 0.29) is 26.2 Å². The summed E-state index contributed by atoms with van der Waals surface area (Å²) in [5, 5.41) is 0. The van der Waals surface area contributed by atoms with Crippen molar-refractivity contribution in [2.24, 2.45) is 0 Å². The Kier molecular flexibility index (Phi) is 14.1. The second-order valence-corrected chi connectivity index (χ2v) is 5.24. The molecule has 0 atom stereocenters. The third-order valence-corrected chi connectivity index (χ3v) is 3.57. The maximum absolute atomic E-state index is 3.39. The maximum atomic E-state index is 3.39. The van der Waals surface area contributed by atoms with Crippen LogP contribution in [0.15, 0.2) is 17.7 Å². The van der Waals surface area contributed by atoms with Crippen LogP contribution in [-0.2, 0) is 26.2 Å². The SMILES string of the molecule is CCCCCCCCCCCCC1=[C-]CC=C1.[Zr]. The zero-order valence-electron chi connectivity index (χ0n) is 12.1. The van der Waals surface area contributed by atoms with Crippen molar-refractivity contribution >= 4 is 0 Å². The molecule has 0 spiro atoms. The van der Waals surface area contributed by atoms with Crippen LogP contribution in [0.4, 0.5) is 0 Å². The molecule has 0 unspecified atom stereocenters. The molecule has 0 heterocycles. The van der Waals surface area contributed by atoms with E-state index in [0.717, 1.165) is 6.42 Å². The van der Waals surface area contributed by atoms with Crippen LogP contribution in [0.1, 0.15) is 84.0 Å². The molecule has 1 aliphatic carbocycles. The normalized spacial score (nSPS) is 13.5. The molecule has 102 valence electrons.